The number of nitrogens with one attached hydrogen (secondary N) is 1. The first kappa shape index (κ1) is 22.4. The monoisotopic (exact) mass is 496 g/mol. The maximum Gasteiger partial charge on any atom is 0.177 e. The van der Waals surface area contributed by atoms with Crippen LogP contribution in [0.25, 0.3) is 22.2 Å². The smallest absolute Gasteiger partial charge is 0.177 e. The molecule has 172 valence electrons. The molecule has 34 heavy (non-hydrogen) atoms. The maximum absolute atomic E-state index is 14.8. The third-order valence-corrected chi connectivity index (χ3v) is 6.48. The van der Waals surface area contributed by atoms with Gasteiger partial charge in [-0.05, 0) is 31.0 Å². The molecule has 0 radical (unpaired) electrons. The maximum atomic E-state index is 14.8. The second-order valence-corrected chi connectivity index (χ2v) is 8.81. The molecule has 7 nitrogen and oxygen atoms in total. The van der Waals surface area contributed by atoms with Crippen LogP contribution in [0.1, 0.15) is 30.2 Å². The first-order valence-electron chi connectivity index (χ1n) is 10.6. The Morgan fingerprint density at radius 1 is 1.15 bits per heavy atom. The number of aromatic amines is 1. The number of anilines is 1. The van der Waals surface area contributed by atoms with Crippen molar-refractivity contribution >= 4 is 39.8 Å². The summed E-state index contributed by atoms with van der Waals surface area (Å²) < 4.78 is 20.5. The van der Waals surface area contributed by atoms with E-state index in [4.69, 9.17) is 33.7 Å². The average molecular weight is 497 g/mol. The van der Waals surface area contributed by atoms with Crippen molar-refractivity contribution in [1.82, 2.24) is 15.2 Å². The van der Waals surface area contributed by atoms with E-state index >= 15 is 0 Å². The van der Waals surface area contributed by atoms with Gasteiger partial charge in [-0.2, -0.15) is 10.4 Å². The molecule has 1 aliphatic heterocycles. The van der Waals surface area contributed by atoms with Gasteiger partial charge in [0.15, 0.2) is 17.8 Å². The van der Waals surface area contributed by atoms with E-state index in [1.54, 1.807) is 6.07 Å². The summed E-state index contributed by atoms with van der Waals surface area (Å²) >= 11 is 12.3. The van der Waals surface area contributed by atoms with Crippen LogP contribution in [0.3, 0.4) is 0 Å². The molecule has 3 N–H and O–H groups in total. The zero-order chi connectivity index (χ0) is 23.8. The van der Waals surface area contributed by atoms with Crippen LogP contribution in [0, 0.1) is 17.1 Å². The molecular formula is C24H19Cl2FN6O. The van der Waals surface area contributed by atoms with Crippen LogP contribution in [0.4, 0.5) is 10.1 Å². The Hall–Kier alpha value is -3.38. The zero-order valence-corrected chi connectivity index (χ0v) is 19.4. The van der Waals surface area contributed by atoms with Crippen molar-refractivity contribution in [3.63, 3.8) is 0 Å². The van der Waals surface area contributed by atoms with Crippen molar-refractivity contribution in [2.75, 3.05) is 18.0 Å². The lowest BCUT2D eigenvalue weighted by Gasteiger charge is -2.19. The van der Waals surface area contributed by atoms with Gasteiger partial charge in [0.25, 0.3) is 0 Å². The number of nitriles is 1. The zero-order valence-electron chi connectivity index (χ0n) is 17.9. The van der Waals surface area contributed by atoms with Gasteiger partial charge >= 0.3 is 0 Å². The van der Waals surface area contributed by atoms with Gasteiger partial charge in [0.05, 0.1) is 26.8 Å². The summed E-state index contributed by atoms with van der Waals surface area (Å²) in [6.45, 7) is 1.87. The van der Waals surface area contributed by atoms with Crippen molar-refractivity contribution in [2.45, 2.75) is 19.1 Å². The van der Waals surface area contributed by atoms with Crippen molar-refractivity contribution in [1.29, 1.82) is 5.26 Å². The van der Waals surface area contributed by atoms with Crippen LogP contribution in [-0.2, 0) is 0 Å². The fourth-order valence-electron chi connectivity index (χ4n) is 4.22. The number of ether oxygens (including phenoxy) is 1. The van der Waals surface area contributed by atoms with E-state index in [2.05, 4.69) is 26.2 Å². The molecule has 2 aromatic carbocycles. The number of rotatable bonds is 5. The first-order chi connectivity index (χ1) is 16.5. The van der Waals surface area contributed by atoms with Crippen LogP contribution in [0.5, 0.6) is 5.75 Å². The summed E-state index contributed by atoms with van der Waals surface area (Å²) in [7, 11) is 0. The second kappa shape index (κ2) is 9.11. The normalized spacial score (nSPS) is 14.4. The number of pyridine rings is 1. The first-order valence-corrected chi connectivity index (χ1v) is 11.4. The van der Waals surface area contributed by atoms with Crippen LogP contribution in [-0.4, -0.2) is 28.3 Å². The number of halogens is 3. The van der Waals surface area contributed by atoms with Gasteiger partial charge in [-0.25, -0.2) is 4.39 Å². The molecule has 0 aliphatic carbocycles. The molecule has 1 aliphatic rings. The molecule has 1 saturated heterocycles. The number of hydrogen-bond donors (Lipinski definition) is 2. The molecule has 0 unspecified atom stereocenters. The fourth-order valence-corrected chi connectivity index (χ4v) is 4.80. The second-order valence-electron chi connectivity index (χ2n) is 7.99. The van der Waals surface area contributed by atoms with Gasteiger partial charge in [0.1, 0.15) is 11.8 Å². The minimum atomic E-state index is -1.12. The minimum absolute atomic E-state index is 0.0826. The number of benzene rings is 2. The van der Waals surface area contributed by atoms with Crippen molar-refractivity contribution < 1.29 is 9.13 Å². The molecule has 0 saturated carbocycles. The number of H-pyrrole nitrogens is 1. The molecule has 1 atom stereocenters. The number of nitrogens with two attached hydrogens (primary N) is 1. The Kier molecular flexibility index (Phi) is 6.00. The van der Waals surface area contributed by atoms with Gasteiger partial charge in [0, 0.05) is 48.1 Å². The van der Waals surface area contributed by atoms with Gasteiger partial charge in [0.2, 0.25) is 0 Å². The van der Waals surface area contributed by atoms with Crippen LogP contribution < -0.4 is 15.4 Å². The highest BCUT2D eigenvalue weighted by Crippen LogP contribution is 2.36. The standard InChI is InChI=1S/C24H19Cl2FN6O/c25-16-11-30-12-17(26)22(16)24(29)34-21-8-15-19(9-18(21)27)31-32-23(15)13-3-4-20(14(7-13)10-28)33-5-1-2-6-33/h3-4,7-9,11-12,24H,1-2,5-6,29H2,(H,31,32)/t24-/m0/s1. The Balaban J connectivity index is 1.52. The van der Waals surface area contributed by atoms with E-state index in [9.17, 15) is 9.65 Å². The van der Waals surface area contributed by atoms with Gasteiger partial charge in [-0.3, -0.25) is 15.8 Å². The Morgan fingerprint density at radius 2 is 1.88 bits per heavy atom. The summed E-state index contributed by atoms with van der Waals surface area (Å²) in [5, 5.41) is 18.0. The largest absolute Gasteiger partial charge is 0.468 e. The van der Waals surface area contributed by atoms with Gasteiger partial charge in [-0.1, -0.05) is 29.3 Å². The lowest BCUT2D eigenvalue weighted by molar-refractivity contribution is 0.205. The molecule has 3 heterocycles. The van der Waals surface area contributed by atoms with Gasteiger partial charge < -0.3 is 9.64 Å². The van der Waals surface area contributed by atoms with Crippen molar-refractivity contribution in [3.05, 3.63) is 69.7 Å². The average Bonchev–Trinajstić information content (AvgIpc) is 3.49. The van der Waals surface area contributed by atoms with E-state index < -0.39 is 12.0 Å². The molecule has 5 rings (SSSR count). The van der Waals surface area contributed by atoms with Crippen LogP contribution >= 0.6 is 23.2 Å². The highest BCUT2D eigenvalue weighted by Gasteiger charge is 2.21. The van der Waals surface area contributed by atoms with E-state index in [-0.39, 0.29) is 15.8 Å². The minimum Gasteiger partial charge on any atom is -0.468 e. The Morgan fingerprint density at radius 3 is 2.59 bits per heavy atom. The van der Waals surface area contributed by atoms with Crippen LogP contribution in [0.2, 0.25) is 10.0 Å². The fraction of sp³-hybridized carbons (Fsp3) is 0.208. The van der Waals surface area contributed by atoms with Crippen LogP contribution in [0.15, 0.2) is 42.7 Å². The van der Waals surface area contributed by atoms with E-state index in [1.807, 2.05) is 12.1 Å². The number of fused-ring (bicyclic) bond motifs is 1. The summed E-state index contributed by atoms with van der Waals surface area (Å²) in [6.07, 6.45) is 3.89. The summed E-state index contributed by atoms with van der Waals surface area (Å²) in [6, 6.07) is 10.7. The molecule has 10 heteroatoms. The predicted molar refractivity (Wildman–Crippen MR) is 129 cm³/mol. The lowest BCUT2D eigenvalue weighted by atomic mass is 10.0. The topological polar surface area (TPSA) is 104 Å². The summed E-state index contributed by atoms with van der Waals surface area (Å²) in [5.41, 5.74) is 9.70. The van der Waals surface area contributed by atoms with Crippen molar-refractivity contribution in [2.24, 2.45) is 5.73 Å². The predicted octanol–water partition coefficient (Wildman–Crippen LogP) is 5.58. The Labute approximate surface area is 204 Å². The van der Waals surface area contributed by atoms with Crippen molar-refractivity contribution in [3.8, 4) is 23.1 Å². The number of nitrogens with zero attached hydrogens (tertiary/aromatic N) is 4. The SMILES string of the molecule is N#Cc1cc(-c2n[nH]c3cc(F)c(O[C@H](N)c4c(Cl)cncc4Cl)cc23)ccc1N1CCCC1. The summed E-state index contributed by atoms with van der Waals surface area (Å²) in [5.74, 6) is -0.706. The summed E-state index contributed by atoms with van der Waals surface area (Å²) in [4.78, 5) is 6.10. The lowest BCUT2D eigenvalue weighted by Crippen LogP contribution is -2.19. The third kappa shape index (κ3) is 4.03. The molecule has 4 aromatic rings. The highest BCUT2D eigenvalue weighted by molar-refractivity contribution is 6.35. The molecule has 0 amide bonds. The third-order valence-electron chi connectivity index (χ3n) is 5.88. The van der Waals surface area contributed by atoms with E-state index in [0.29, 0.717) is 27.7 Å². The molecule has 0 bridgehead atoms. The Bertz CT molecular complexity index is 1410. The molecule has 1 fully saturated rings. The van der Waals surface area contributed by atoms with Gasteiger partial charge in [-0.15, -0.1) is 0 Å². The molecule has 2 aromatic heterocycles. The highest BCUT2D eigenvalue weighted by atomic mass is 35.5. The van der Waals surface area contributed by atoms with E-state index in [1.165, 1.54) is 24.5 Å². The van der Waals surface area contributed by atoms with E-state index in [0.717, 1.165) is 37.2 Å². The number of hydrogen-bond acceptors (Lipinski definition) is 6. The molecule has 0 spiro atoms. The number of aromatic nitrogens is 3. The quantitative estimate of drug-likeness (QED) is 0.349. The molecular weight excluding hydrogens is 478 g/mol.